The predicted octanol–water partition coefficient (Wildman–Crippen LogP) is 2.83. The molecule has 124 valence electrons. The van der Waals surface area contributed by atoms with E-state index in [1.807, 2.05) is 37.3 Å². The molecule has 0 fully saturated rings. The second-order valence-electron chi connectivity index (χ2n) is 5.96. The van der Waals surface area contributed by atoms with Crippen molar-refractivity contribution in [2.45, 2.75) is 19.4 Å². The molecule has 0 radical (unpaired) electrons. The maximum atomic E-state index is 12.8. The summed E-state index contributed by atoms with van der Waals surface area (Å²) in [4.78, 5) is 26.0. The highest BCUT2D eigenvalue weighted by molar-refractivity contribution is 5.95. The van der Waals surface area contributed by atoms with Crippen LogP contribution in [0.1, 0.15) is 33.0 Å². The van der Waals surface area contributed by atoms with Gasteiger partial charge in [-0.2, -0.15) is 0 Å². The highest BCUT2D eigenvalue weighted by Gasteiger charge is 2.32. The number of fused-ring (bicyclic) bond motifs is 1. The van der Waals surface area contributed by atoms with E-state index < -0.39 is 11.9 Å². The smallest absolute Gasteiger partial charge is 0.312 e. The lowest BCUT2D eigenvalue weighted by Gasteiger charge is -2.33. The van der Waals surface area contributed by atoms with Crippen LogP contribution in [0.4, 0.5) is 0 Å². The fourth-order valence-electron chi connectivity index (χ4n) is 3.11. The van der Waals surface area contributed by atoms with Crippen molar-refractivity contribution in [1.82, 2.24) is 4.90 Å². The minimum atomic E-state index is -0.915. The van der Waals surface area contributed by atoms with Gasteiger partial charge in [0.2, 0.25) is 0 Å². The molecule has 1 N–H and O–H groups in total. The summed E-state index contributed by atoms with van der Waals surface area (Å²) in [6, 6.07) is 12.7. The maximum Gasteiger partial charge on any atom is 0.312 e. The first-order chi connectivity index (χ1) is 11.5. The Balaban J connectivity index is 1.93. The fourth-order valence-corrected chi connectivity index (χ4v) is 3.11. The second kappa shape index (κ2) is 6.35. The lowest BCUT2D eigenvalue weighted by atomic mass is 9.89. The molecule has 1 atom stereocenters. The first-order valence-corrected chi connectivity index (χ1v) is 7.75. The number of amides is 1. The average Bonchev–Trinajstić information content (AvgIpc) is 2.60. The number of benzene rings is 2. The van der Waals surface area contributed by atoms with Crippen molar-refractivity contribution in [2.24, 2.45) is 0 Å². The molecule has 0 saturated carbocycles. The van der Waals surface area contributed by atoms with Gasteiger partial charge in [0, 0.05) is 18.7 Å². The van der Waals surface area contributed by atoms with E-state index in [-0.39, 0.29) is 12.5 Å². The third kappa shape index (κ3) is 2.85. The van der Waals surface area contributed by atoms with Crippen LogP contribution in [0, 0.1) is 6.92 Å². The van der Waals surface area contributed by atoms with Crippen molar-refractivity contribution in [1.29, 1.82) is 0 Å². The van der Waals surface area contributed by atoms with Crippen LogP contribution in [0.25, 0.3) is 0 Å². The number of hydrogen-bond acceptors (Lipinski definition) is 3. The lowest BCUT2D eigenvalue weighted by molar-refractivity contribution is -0.139. The molecule has 0 spiro atoms. The Bertz CT molecular complexity index is 800. The molecule has 5 nitrogen and oxygen atoms in total. The van der Waals surface area contributed by atoms with Gasteiger partial charge in [-0.25, -0.2) is 0 Å². The third-order valence-corrected chi connectivity index (χ3v) is 4.43. The quantitative estimate of drug-likeness (QED) is 0.942. The van der Waals surface area contributed by atoms with E-state index in [4.69, 9.17) is 4.74 Å². The van der Waals surface area contributed by atoms with Crippen molar-refractivity contribution in [2.75, 3.05) is 13.7 Å². The van der Waals surface area contributed by atoms with Gasteiger partial charge in [-0.05, 0) is 35.7 Å². The summed E-state index contributed by atoms with van der Waals surface area (Å²) < 4.78 is 5.27. The summed E-state index contributed by atoms with van der Waals surface area (Å²) in [5.74, 6) is -1.16. The Morgan fingerprint density at radius 1 is 1.21 bits per heavy atom. The average molecular weight is 325 g/mol. The molecule has 1 heterocycles. The van der Waals surface area contributed by atoms with Crippen molar-refractivity contribution >= 4 is 11.9 Å². The molecular weight excluding hydrogens is 306 g/mol. The van der Waals surface area contributed by atoms with E-state index in [2.05, 4.69) is 0 Å². The van der Waals surface area contributed by atoms with E-state index in [1.54, 1.807) is 24.1 Å². The number of rotatable bonds is 3. The number of aliphatic carboxylic acids is 1. The van der Waals surface area contributed by atoms with Crippen LogP contribution in [0.5, 0.6) is 5.75 Å². The molecule has 2 aromatic carbocycles. The zero-order valence-corrected chi connectivity index (χ0v) is 13.7. The Labute approximate surface area is 140 Å². The summed E-state index contributed by atoms with van der Waals surface area (Å²) in [6.07, 6.45) is 0. The molecule has 3 rings (SSSR count). The molecule has 1 amide bonds. The molecule has 5 heteroatoms. The first kappa shape index (κ1) is 16.1. The monoisotopic (exact) mass is 325 g/mol. The number of nitrogens with zero attached hydrogens (tertiary/aromatic N) is 1. The van der Waals surface area contributed by atoms with Gasteiger partial charge in [0.05, 0.1) is 13.0 Å². The van der Waals surface area contributed by atoms with E-state index in [9.17, 15) is 14.7 Å². The van der Waals surface area contributed by atoms with Crippen LogP contribution in [0.3, 0.4) is 0 Å². The Kier molecular flexibility index (Phi) is 4.25. The van der Waals surface area contributed by atoms with Crippen molar-refractivity contribution in [3.05, 3.63) is 64.7 Å². The van der Waals surface area contributed by atoms with Gasteiger partial charge in [0.1, 0.15) is 5.75 Å². The molecule has 1 aliphatic rings. The van der Waals surface area contributed by atoms with E-state index in [0.717, 1.165) is 16.7 Å². The lowest BCUT2D eigenvalue weighted by Crippen LogP contribution is -2.40. The van der Waals surface area contributed by atoms with Crippen LogP contribution >= 0.6 is 0 Å². The summed E-state index contributed by atoms with van der Waals surface area (Å²) in [6.45, 7) is 2.49. The standard InChI is InChI=1S/C19H19NO4/c1-12-7-8-13(9-17(12)24-2)18(21)20-10-14-5-3-4-6-15(14)16(11-20)19(22)23/h3-9,16H,10-11H2,1-2H3,(H,22,23). The predicted molar refractivity (Wildman–Crippen MR) is 89.3 cm³/mol. The molecule has 0 aliphatic carbocycles. The van der Waals surface area contributed by atoms with Gasteiger partial charge < -0.3 is 14.7 Å². The number of carboxylic acid groups (broad SMARTS) is 1. The van der Waals surface area contributed by atoms with Gasteiger partial charge in [-0.1, -0.05) is 30.3 Å². The topological polar surface area (TPSA) is 66.8 Å². The molecule has 2 aromatic rings. The minimum absolute atomic E-state index is 0.168. The zero-order chi connectivity index (χ0) is 17.3. The largest absolute Gasteiger partial charge is 0.496 e. The number of methoxy groups -OCH3 is 1. The Morgan fingerprint density at radius 2 is 1.96 bits per heavy atom. The highest BCUT2D eigenvalue weighted by atomic mass is 16.5. The van der Waals surface area contributed by atoms with Gasteiger partial charge in [0.15, 0.2) is 0 Å². The van der Waals surface area contributed by atoms with Crippen LogP contribution in [-0.4, -0.2) is 35.5 Å². The summed E-state index contributed by atoms with van der Waals surface area (Å²) in [7, 11) is 1.56. The summed E-state index contributed by atoms with van der Waals surface area (Å²) >= 11 is 0. The normalized spacial score (nSPS) is 16.4. The summed E-state index contributed by atoms with van der Waals surface area (Å²) in [5, 5.41) is 9.52. The summed E-state index contributed by atoms with van der Waals surface area (Å²) in [5.41, 5.74) is 3.11. The van der Waals surface area contributed by atoms with Gasteiger partial charge >= 0.3 is 5.97 Å². The van der Waals surface area contributed by atoms with Gasteiger partial charge in [0.25, 0.3) is 5.91 Å². The van der Waals surface area contributed by atoms with Crippen molar-refractivity contribution in [3.63, 3.8) is 0 Å². The molecule has 0 aromatic heterocycles. The van der Waals surface area contributed by atoms with Crippen LogP contribution in [0.15, 0.2) is 42.5 Å². The maximum absolute atomic E-state index is 12.8. The van der Waals surface area contributed by atoms with Gasteiger partial charge in [-0.15, -0.1) is 0 Å². The molecular formula is C19H19NO4. The highest BCUT2D eigenvalue weighted by Crippen LogP contribution is 2.30. The van der Waals surface area contributed by atoms with E-state index >= 15 is 0 Å². The van der Waals surface area contributed by atoms with Crippen LogP contribution in [0.2, 0.25) is 0 Å². The molecule has 1 unspecified atom stereocenters. The van der Waals surface area contributed by atoms with Gasteiger partial charge in [-0.3, -0.25) is 9.59 Å². The van der Waals surface area contributed by atoms with E-state index in [1.165, 1.54) is 0 Å². The zero-order valence-electron chi connectivity index (χ0n) is 13.7. The van der Waals surface area contributed by atoms with Crippen LogP contribution in [-0.2, 0) is 11.3 Å². The SMILES string of the molecule is COc1cc(C(=O)N2Cc3ccccc3C(C(=O)O)C2)ccc1C. The fraction of sp³-hybridized carbons (Fsp3) is 0.263. The number of ether oxygens (including phenoxy) is 1. The van der Waals surface area contributed by atoms with Crippen molar-refractivity contribution < 1.29 is 19.4 Å². The van der Waals surface area contributed by atoms with E-state index in [0.29, 0.717) is 17.9 Å². The minimum Gasteiger partial charge on any atom is -0.496 e. The van der Waals surface area contributed by atoms with Crippen LogP contribution < -0.4 is 4.74 Å². The molecule has 1 aliphatic heterocycles. The molecule has 0 bridgehead atoms. The number of carboxylic acids is 1. The first-order valence-electron chi connectivity index (χ1n) is 7.75. The van der Waals surface area contributed by atoms with Crippen molar-refractivity contribution in [3.8, 4) is 5.75 Å². The Hall–Kier alpha value is -2.82. The third-order valence-electron chi connectivity index (χ3n) is 4.43. The molecule has 0 saturated heterocycles. The number of hydrogen-bond donors (Lipinski definition) is 1. The second-order valence-corrected chi connectivity index (χ2v) is 5.96. The number of aryl methyl sites for hydroxylation is 1. The Morgan fingerprint density at radius 3 is 2.67 bits per heavy atom. The molecule has 24 heavy (non-hydrogen) atoms. The number of carbonyl (C=O) groups excluding carboxylic acids is 1. The number of carbonyl (C=O) groups is 2.